The molecule has 0 spiro atoms. The highest BCUT2D eigenvalue weighted by molar-refractivity contribution is 5.36. The summed E-state index contributed by atoms with van der Waals surface area (Å²) in [6, 6.07) is 6.08. The van der Waals surface area contributed by atoms with Crippen molar-refractivity contribution >= 4 is 0 Å². The van der Waals surface area contributed by atoms with E-state index in [2.05, 4.69) is 39.0 Å². The summed E-state index contributed by atoms with van der Waals surface area (Å²) >= 11 is 0. The molecule has 0 aliphatic heterocycles. The Bertz CT molecular complexity index is 404. The Morgan fingerprint density at radius 3 is 2.17 bits per heavy atom. The summed E-state index contributed by atoms with van der Waals surface area (Å²) in [5.74, 6) is 0.262. The van der Waals surface area contributed by atoms with Crippen LogP contribution in [0.15, 0.2) is 18.2 Å². The standard InChI is InChI=1S/C16H27NO/c1-10(2)14(17)15(18)13-9-12(16(4,5)6)8-7-11(13)3/h7-10,14-15,18H,17H2,1-6H3. The maximum atomic E-state index is 10.4. The van der Waals surface area contributed by atoms with Gasteiger partial charge in [-0.05, 0) is 34.9 Å². The minimum Gasteiger partial charge on any atom is -0.387 e. The van der Waals surface area contributed by atoms with Crippen LogP contribution in [-0.4, -0.2) is 11.1 Å². The van der Waals surface area contributed by atoms with E-state index in [1.54, 1.807) is 0 Å². The molecule has 0 fully saturated rings. The molecule has 0 saturated carbocycles. The first-order valence-corrected chi connectivity index (χ1v) is 6.69. The zero-order chi connectivity index (χ0) is 14.1. The molecular weight excluding hydrogens is 222 g/mol. The third-order valence-corrected chi connectivity index (χ3v) is 3.60. The Balaban J connectivity index is 3.16. The molecule has 3 N–H and O–H groups in total. The van der Waals surface area contributed by atoms with Crippen molar-refractivity contribution in [2.75, 3.05) is 0 Å². The molecule has 0 bridgehead atoms. The normalized spacial score (nSPS) is 15.8. The van der Waals surface area contributed by atoms with Crippen LogP contribution in [0.1, 0.15) is 57.4 Å². The number of rotatable bonds is 3. The molecule has 0 aliphatic carbocycles. The zero-order valence-electron chi connectivity index (χ0n) is 12.5. The lowest BCUT2D eigenvalue weighted by Gasteiger charge is -2.26. The van der Waals surface area contributed by atoms with Gasteiger partial charge in [-0.2, -0.15) is 0 Å². The molecule has 1 aromatic rings. The van der Waals surface area contributed by atoms with Gasteiger partial charge in [0, 0.05) is 6.04 Å². The highest BCUT2D eigenvalue weighted by Gasteiger charge is 2.23. The molecule has 2 heteroatoms. The van der Waals surface area contributed by atoms with E-state index in [0.29, 0.717) is 0 Å². The molecule has 102 valence electrons. The first kappa shape index (κ1) is 15.2. The van der Waals surface area contributed by atoms with E-state index in [-0.39, 0.29) is 17.4 Å². The molecule has 0 amide bonds. The highest BCUT2D eigenvalue weighted by Crippen LogP contribution is 2.29. The Kier molecular flexibility index (Phi) is 4.57. The average Bonchev–Trinajstić information content (AvgIpc) is 2.26. The molecule has 0 aliphatic rings. The number of nitrogens with two attached hydrogens (primary N) is 1. The number of aliphatic hydroxyl groups excluding tert-OH is 1. The molecule has 0 aromatic heterocycles. The molecular formula is C16H27NO. The topological polar surface area (TPSA) is 46.2 Å². The molecule has 0 saturated heterocycles. The zero-order valence-corrected chi connectivity index (χ0v) is 12.5. The first-order chi connectivity index (χ1) is 8.14. The van der Waals surface area contributed by atoms with Gasteiger partial charge in [-0.3, -0.25) is 0 Å². The Labute approximate surface area is 111 Å². The molecule has 0 radical (unpaired) electrons. The minimum atomic E-state index is -0.590. The summed E-state index contributed by atoms with van der Waals surface area (Å²) in [5, 5.41) is 10.4. The number of benzene rings is 1. The van der Waals surface area contributed by atoms with Gasteiger partial charge in [-0.25, -0.2) is 0 Å². The second-order valence-electron chi connectivity index (χ2n) is 6.59. The summed E-state index contributed by atoms with van der Waals surface area (Å²) in [6.07, 6.45) is -0.590. The van der Waals surface area contributed by atoms with Crippen LogP contribution >= 0.6 is 0 Å². The van der Waals surface area contributed by atoms with Crippen LogP contribution in [0.4, 0.5) is 0 Å². The Hall–Kier alpha value is -0.860. The van der Waals surface area contributed by atoms with E-state index in [4.69, 9.17) is 5.73 Å². The van der Waals surface area contributed by atoms with E-state index in [9.17, 15) is 5.11 Å². The molecule has 1 aromatic carbocycles. The van der Waals surface area contributed by atoms with Gasteiger partial charge in [0.05, 0.1) is 6.10 Å². The number of aryl methyl sites for hydroxylation is 1. The van der Waals surface area contributed by atoms with Gasteiger partial charge in [0.2, 0.25) is 0 Å². The maximum Gasteiger partial charge on any atom is 0.0946 e. The fourth-order valence-corrected chi connectivity index (χ4v) is 2.00. The Morgan fingerprint density at radius 2 is 1.72 bits per heavy atom. The summed E-state index contributed by atoms with van der Waals surface area (Å²) in [4.78, 5) is 0. The van der Waals surface area contributed by atoms with E-state index in [1.807, 2.05) is 20.8 Å². The van der Waals surface area contributed by atoms with Crippen molar-refractivity contribution < 1.29 is 5.11 Å². The predicted molar refractivity (Wildman–Crippen MR) is 77.7 cm³/mol. The number of aliphatic hydroxyl groups is 1. The number of hydrogen-bond donors (Lipinski definition) is 2. The van der Waals surface area contributed by atoms with Gasteiger partial charge in [-0.1, -0.05) is 52.8 Å². The van der Waals surface area contributed by atoms with E-state index in [1.165, 1.54) is 5.56 Å². The van der Waals surface area contributed by atoms with Gasteiger partial charge in [0.1, 0.15) is 0 Å². The molecule has 1 rings (SSSR count). The molecule has 18 heavy (non-hydrogen) atoms. The van der Waals surface area contributed by atoms with Crippen LogP contribution in [-0.2, 0) is 5.41 Å². The van der Waals surface area contributed by atoms with Crippen LogP contribution < -0.4 is 5.73 Å². The van der Waals surface area contributed by atoms with E-state index in [0.717, 1.165) is 11.1 Å². The quantitative estimate of drug-likeness (QED) is 0.863. The monoisotopic (exact) mass is 249 g/mol. The average molecular weight is 249 g/mol. The summed E-state index contributed by atoms with van der Waals surface area (Å²) in [6.45, 7) is 12.6. The van der Waals surface area contributed by atoms with Crippen molar-refractivity contribution in [1.82, 2.24) is 0 Å². The third kappa shape index (κ3) is 3.33. The van der Waals surface area contributed by atoms with Gasteiger partial charge < -0.3 is 10.8 Å². The second kappa shape index (κ2) is 5.41. The molecule has 2 atom stereocenters. The lowest BCUT2D eigenvalue weighted by Crippen LogP contribution is -2.34. The van der Waals surface area contributed by atoms with Crippen LogP contribution in [0.5, 0.6) is 0 Å². The smallest absolute Gasteiger partial charge is 0.0946 e. The summed E-state index contributed by atoms with van der Waals surface area (Å²) in [5.41, 5.74) is 9.46. The second-order valence-corrected chi connectivity index (χ2v) is 6.59. The van der Waals surface area contributed by atoms with Gasteiger partial charge in [-0.15, -0.1) is 0 Å². The third-order valence-electron chi connectivity index (χ3n) is 3.60. The highest BCUT2D eigenvalue weighted by atomic mass is 16.3. The van der Waals surface area contributed by atoms with Gasteiger partial charge in [0.15, 0.2) is 0 Å². The maximum absolute atomic E-state index is 10.4. The molecule has 2 nitrogen and oxygen atoms in total. The first-order valence-electron chi connectivity index (χ1n) is 6.69. The Morgan fingerprint density at radius 1 is 1.17 bits per heavy atom. The van der Waals surface area contributed by atoms with Crippen LogP contribution in [0.25, 0.3) is 0 Å². The largest absolute Gasteiger partial charge is 0.387 e. The summed E-state index contributed by atoms with van der Waals surface area (Å²) < 4.78 is 0. The van der Waals surface area contributed by atoms with Crippen molar-refractivity contribution in [3.05, 3.63) is 34.9 Å². The van der Waals surface area contributed by atoms with Crippen molar-refractivity contribution in [3.8, 4) is 0 Å². The SMILES string of the molecule is Cc1ccc(C(C)(C)C)cc1C(O)C(N)C(C)C. The predicted octanol–water partition coefficient (Wildman–Crippen LogP) is 3.31. The number of hydrogen-bond acceptors (Lipinski definition) is 2. The lowest BCUT2D eigenvalue weighted by atomic mass is 9.83. The van der Waals surface area contributed by atoms with Crippen LogP contribution in [0, 0.1) is 12.8 Å². The van der Waals surface area contributed by atoms with Crippen molar-refractivity contribution in [1.29, 1.82) is 0 Å². The van der Waals surface area contributed by atoms with Gasteiger partial charge in [0.25, 0.3) is 0 Å². The fraction of sp³-hybridized carbons (Fsp3) is 0.625. The van der Waals surface area contributed by atoms with E-state index < -0.39 is 6.10 Å². The minimum absolute atomic E-state index is 0.0874. The van der Waals surface area contributed by atoms with E-state index >= 15 is 0 Å². The van der Waals surface area contributed by atoms with Crippen LogP contribution in [0.3, 0.4) is 0 Å². The van der Waals surface area contributed by atoms with Crippen molar-refractivity contribution in [2.24, 2.45) is 11.7 Å². The van der Waals surface area contributed by atoms with Crippen molar-refractivity contribution in [3.63, 3.8) is 0 Å². The van der Waals surface area contributed by atoms with Crippen molar-refractivity contribution in [2.45, 2.75) is 59.1 Å². The fourth-order valence-electron chi connectivity index (χ4n) is 2.00. The molecule has 0 heterocycles. The van der Waals surface area contributed by atoms with Crippen LogP contribution in [0.2, 0.25) is 0 Å². The summed E-state index contributed by atoms with van der Waals surface area (Å²) in [7, 11) is 0. The molecule has 2 unspecified atom stereocenters. The van der Waals surface area contributed by atoms with Gasteiger partial charge >= 0.3 is 0 Å². The lowest BCUT2D eigenvalue weighted by molar-refractivity contribution is 0.125.